The first kappa shape index (κ1) is 16.4. The van der Waals surface area contributed by atoms with Gasteiger partial charge in [-0.25, -0.2) is 0 Å². The third-order valence-electron chi connectivity index (χ3n) is 2.22. The summed E-state index contributed by atoms with van der Waals surface area (Å²) in [5, 5.41) is 27.3. The van der Waals surface area contributed by atoms with Crippen molar-refractivity contribution in [2.75, 3.05) is 6.61 Å². The molecule has 9 nitrogen and oxygen atoms in total. The van der Waals surface area contributed by atoms with Crippen LogP contribution in [0.1, 0.15) is 33.6 Å². The molecule has 9 heteroatoms. The number of aliphatic hydroxyl groups excluding tert-OH is 1. The van der Waals surface area contributed by atoms with Crippen LogP contribution in [0.3, 0.4) is 0 Å². The maximum absolute atomic E-state index is 10.3. The molecule has 0 aliphatic heterocycles. The monoisotopic (exact) mass is 266 g/mol. The lowest BCUT2D eigenvalue weighted by molar-refractivity contribution is -0.799. The lowest BCUT2D eigenvalue weighted by Crippen LogP contribution is -2.38. The van der Waals surface area contributed by atoms with Crippen molar-refractivity contribution in [3.63, 3.8) is 0 Å². The summed E-state index contributed by atoms with van der Waals surface area (Å²) in [5.41, 5.74) is -0.118. The molecule has 0 aromatic heterocycles. The predicted octanol–water partition coefficient (Wildman–Crippen LogP) is 0.959. The number of rotatable bonds is 8. The van der Waals surface area contributed by atoms with Crippen LogP contribution in [0.5, 0.6) is 0 Å². The summed E-state index contributed by atoms with van der Waals surface area (Å²) < 4.78 is 0. The molecule has 1 N–H and O–H groups in total. The summed E-state index contributed by atoms with van der Waals surface area (Å²) >= 11 is 0. The molecule has 0 fully saturated rings. The minimum absolute atomic E-state index is 0.118. The first-order chi connectivity index (χ1) is 8.15. The fraction of sp³-hybridized carbons (Fsp3) is 1.00. The third kappa shape index (κ3) is 7.60. The molecule has 0 saturated heterocycles. The maximum Gasteiger partial charge on any atom is 0.294 e. The molecule has 0 aliphatic carbocycles. The standard InChI is InChI=1S/C9H18N2O7/c1-9(2,3)5-4-7(17-10(13)14)8(6-12)18-11(15)16/h7-8,12H,4-6H2,1-3H3. The van der Waals surface area contributed by atoms with Crippen LogP contribution >= 0.6 is 0 Å². The minimum atomic E-state index is -1.37. The zero-order valence-corrected chi connectivity index (χ0v) is 10.6. The summed E-state index contributed by atoms with van der Waals surface area (Å²) in [6.07, 6.45) is -1.84. The summed E-state index contributed by atoms with van der Waals surface area (Å²) in [6, 6.07) is 0. The van der Waals surface area contributed by atoms with Gasteiger partial charge in [0.05, 0.1) is 6.61 Å². The topological polar surface area (TPSA) is 125 Å². The van der Waals surface area contributed by atoms with Gasteiger partial charge < -0.3 is 14.8 Å². The quantitative estimate of drug-likeness (QED) is 0.512. The Bertz CT molecular complexity index is 289. The van der Waals surface area contributed by atoms with Crippen LogP contribution in [0, 0.1) is 25.6 Å². The van der Waals surface area contributed by atoms with Crippen molar-refractivity contribution in [3.8, 4) is 0 Å². The largest absolute Gasteiger partial charge is 0.394 e. The minimum Gasteiger partial charge on any atom is -0.394 e. The van der Waals surface area contributed by atoms with Crippen molar-refractivity contribution < 1.29 is 25.0 Å². The van der Waals surface area contributed by atoms with Crippen molar-refractivity contribution in [3.05, 3.63) is 20.2 Å². The predicted molar refractivity (Wildman–Crippen MR) is 59.5 cm³/mol. The Labute approximate surface area is 104 Å². The fourth-order valence-electron chi connectivity index (χ4n) is 1.32. The van der Waals surface area contributed by atoms with Gasteiger partial charge in [-0.1, -0.05) is 20.8 Å². The fourth-order valence-corrected chi connectivity index (χ4v) is 1.32. The van der Waals surface area contributed by atoms with Crippen LogP contribution in [0.25, 0.3) is 0 Å². The number of hydrogen-bond acceptors (Lipinski definition) is 7. The van der Waals surface area contributed by atoms with Crippen LogP contribution < -0.4 is 0 Å². The second kappa shape index (κ2) is 6.94. The van der Waals surface area contributed by atoms with Gasteiger partial charge in [-0.15, -0.1) is 20.2 Å². The van der Waals surface area contributed by atoms with Gasteiger partial charge in [-0.2, -0.15) is 0 Å². The Balaban J connectivity index is 4.62. The van der Waals surface area contributed by atoms with Crippen molar-refractivity contribution in [2.24, 2.45) is 5.41 Å². The van der Waals surface area contributed by atoms with E-state index in [1.807, 2.05) is 20.8 Å². The highest BCUT2D eigenvalue weighted by Gasteiger charge is 2.29. The van der Waals surface area contributed by atoms with Crippen LogP contribution in [-0.4, -0.2) is 34.1 Å². The van der Waals surface area contributed by atoms with E-state index in [-0.39, 0.29) is 11.8 Å². The van der Waals surface area contributed by atoms with Crippen molar-refractivity contribution in [2.45, 2.75) is 45.8 Å². The van der Waals surface area contributed by atoms with Gasteiger partial charge in [-0.05, 0) is 18.3 Å². The highest BCUT2D eigenvalue weighted by atomic mass is 17.0. The van der Waals surface area contributed by atoms with Gasteiger partial charge >= 0.3 is 0 Å². The molecule has 2 atom stereocenters. The molecule has 2 unspecified atom stereocenters. The van der Waals surface area contributed by atoms with Gasteiger partial charge in [0.25, 0.3) is 10.2 Å². The van der Waals surface area contributed by atoms with E-state index < -0.39 is 29.0 Å². The van der Waals surface area contributed by atoms with Gasteiger partial charge in [-0.3, -0.25) is 0 Å². The number of hydrogen-bond donors (Lipinski definition) is 1. The molecule has 0 amide bonds. The Kier molecular flexibility index (Phi) is 6.31. The molecule has 0 heterocycles. The SMILES string of the molecule is CC(C)(C)CCC(O[N+](=O)[O-])C(CO)O[N+](=O)[O-]. The summed E-state index contributed by atoms with van der Waals surface area (Å²) in [6.45, 7) is 5.01. The molecule has 18 heavy (non-hydrogen) atoms. The molecule has 106 valence electrons. The van der Waals surface area contributed by atoms with Crippen molar-refractivity contribution in [1.82, 2.24) is 0 Å². The zero-order valence-electron chi connectivity index (χ0n) is 10.6. The molecular formula is C9H18N2O7. The van der Waals surface area contributed by atoms with Gasteiger partial charge in [0.2, 0.25) is 0 Å². The zero-order chi connectivity index (χ0) is 14.3. The Morgan fingerprint density at radius 2 is 1.56 bits per heavy atom. The first-order valence-electron chi connectivity index (χ1n) is 5.39. The lowest BCUT2D eigenvalue weighted by atomic mass is 9.88. The molecule has 0 aromatic carbocycles. The van der Waals surface area contributed by atoms with E-state index in [4.69, 9.17) is 5.11 Å². The van der Waals surface area contributed by atoms with Crippen LogP contribution in [0.2, 0.25) is 0 Å². The third-order valence-corrected chi connectivity index (χ3v) is 2.22. The van der Waals surface area contributed by atoms with E-state index in [9.17, 15) is 20.2 Å². The van der Waals surface area contributed by atoms with E-state index >= 15 is 0 Å². The first-order valence-corrected chi connectivity index (χ1v) is 5.39. The Morgan fingerprint density at radius 1 is 1.11 bits per heavy atom. The smallest absolute Gasteiger partial charge is 0.294 e. The van der Waals surface area contributed by atoms with E-state index in [2.05, 4.69) is 9.68 Å². The maximum atomic E-state index is 10.3. The molecule has 0 aliphatic rings. The van der Waals surface area contributed by atoms with E-state index in [0.717, 1.165) is 0 Å². The van der Waals surface area contributed by atoms with Crippen molar-refractivity contribution in [1.29, 1.82) is 0 Å². The average molecular weight is 266 g/mol. The van der Waals surface area contributed by atoms with Gasteiger partial charge in [0.1, 0.15) is 6.10 Å². The average Bonchev–Trinajstić information content (AvgIpc) is 2.19. The van der Waals surface area contributed by atoms with Crippen LogP contribution in [0.15, 0.2) is 0 Å². The summed E-state index contributed by atoms with van der Waals surface area (Å²) in [4.78, 5) is 29.0. The Morgan fingerprint density at radius 3 is 1.89 bits per heavy atom. The van der Waals surface area contributed by atoms with Crippen LogP contribution in [0.4, 0.5) is 0 Å². The van der Waals surface area contributed by atoms with E-state index in [1.165, 1.54) is 0 Å². The number of nitrogens with zero attached hydrogens (tertiary/aromatic N) is 2. The van der Waals surface area contributed by atoms with E-state index in [0.29, 0.717) is 6.42 Å². The van der Waals surface area contributed by atoms with Gasteiger partial charge in [0, 0.05) is 0 Å². The molecule has 0 bridgehead atoms. The second-order valence-electron chi connectivity index (χ2n) is 5.02. The Hall–Kier alpha value is -1.64. The molecule has 0 aromatic rings. The molecule has 0 saturated carbocycles. The molecule has 0 spiro atoms. The second-order valence-corrected chi connectivity index (χ2v) is 5.02. The molecular weight excluding hydrogens is 248 g/mol. The van der Waals surface area contributed by atoms with Crippen molar-refractivity contribution >= 4 is 0 Å². The summed E-state index contributed by atoms with van der Waals surface area (Å²) in [5.74, 6) is 0. The number of aliphatic hydroxyl groups is 1. The molecule has 0 rings (SSSR count). The van der Waals surface area contributed by atoms with E-state index in [1.54, 1.807) is 0 Å². The normalized spacial score (nSPS) is 14.7. The van der Waals surface area contributed by atoms with Gasteiger partial charge in [0.15, 0.2) is 6.10 Å². The highest BCUT2D eigenvalue weighted by Crippen LogP contribution is 2.24. The highest BCUT2D eigenvalue weighted by molar-refractivity contribution is 4.72. The lowest BCUT2D eigenvalue weighted by Gasteiger charge is -2.25. The molecule has 0 radical (unpaired) electrons. The van der Waals surface area contributed by atoms with Crippen LogP contribution in [-0.2, 0) is 9.68 Å². The summed E-state index contributed by atoms with van der Waals surface area (Å²) in [7, 11) is 0.